The highest BCUT2D eigenvalue weighted by atomic mass is 16.6. The maximum atomic E-state index is 11.8. The van der Waals surface area contributed by atoms with E-state index >= 15 is 0 Å². The molecule has 1 aromatic rings. The molecule has 0 spiro atoms. The summed E-state index contributed by atoms with van der Waals surface area (Å²) in [6, 6.07) is 2.58. The number of carbonyl (C=O) groups is 2. The zero-order chi connectivity index (χ0) is 15.9. The van der Waals surface area contributed by atoms with E-state index in [0.29, 0.717) is 10.7 Å². The second kappa shape index (κ2) is 7.13. The van der Waals surface area contributed by atoms with Gasteiger partial charge in [-0.15, -0.1) is 0 Å². The van der Waals surface area contributed by atoms with Gasteiger partial charge in [-0.05, 0) is 32.9 Å². The van der Waals surface area contributed by atoms with Crippen LogP contribution in [0.5, 0.6) is 0 Å². The van der Waals surface area contributed by atoms with E-state index in [4.69, 9.17) is 10.3 Å². The molecular formula is C13H17N5O3. The van der Waals surface area contributed by atoms with Crippen molar-refractivity contribution in [3.63, 3.8) is 0 Å². The predicted octanol–water partition coefficient (Wildman–Crippen LogP) is 2.72. The number of esters is 1. The number of rotatable bonds is 4. The normalized spacial score (nSPS) is 11.0. The maximum absolute atomic E-state index is 11.8. The van der Waals surface area contributed by atoms with Gasteiger partial charge in [0.25, 0.3) is 0 Å². The molecule has 0 aromatic carbocycles. The maximum Gasteiger partial charge on any atom is 0.347 e. The van der Waals surface area contributed by atoms with Gasteiger partial charge in [-0.2, -0.15) is 10.5 Å². The van der Waals surface area contributed by atoms with E-state index in [2.05, 4.69) is 15.5 Å². The Morgan fingerprint density at radius 2 is 2.19 bits per heavy atom. The first-order valence-corrected chi connectivity index (χ1v) is 6.10. The highest BCUT2D eigenvalue weighted by Gasteiger charge is 2.15. The number of hydrogen-bond acceptors (Lipinski definition) is 6. The summed E-state index contributed by atoms with van der Waals surface area (Å²) in [4.78, 5) is 27.1. The van der Waals surface area contributed by atoms with Crippen LogP contribution in [0.25, 0.3) is 0 Å². The number of urea groups is 1. The largest absolute Gasteiger partial charge is 0.457 e. The van der Waals surface area contributed by atoms with Crippen molar-refractivity contribution >= 4 is 17.7 Å². The number of nitrogens with zero attached hydrogens (tertiary/aromatic N) is 3. The first-order chi connectivity index (χ1) is 9.81. The van der Waals surface area contributed by atoms with Gasteiger partial charge in [-0.1, -0.05) is 5.22 Å². The molecule has 0 atom stereocenters. The van der Waals surface area contributed by atoms with Crippen LogP contribution in [0.3, 0.4) is 0 Å². The molecule has 0 aliphatic carbocycles. The minimum Gasteiger partial charge on any atom is -0.457 e. The lowest BCUT2D eigenvalue weighted by atomic mass is 10.2. The molecule has 0 saturated carbocycles. The van der Waals surface area contributed by atoms with Crippen LogP contribution >= 0.6 is 0 Å². The zero-order valence-electron chi connectivity index (χ0n) is 12.0. The molecule has 0 radical (unpaired) electrons. The van der Waals surface area contributed by atoms with Crippen LogP contribution in [0.1, 0.15) is 20.8 Å². The van der Waals surface area contributed by atoms with Crippen LogP contribution in [0.2, 0.25) is 0 Å². The molecule has 1 heterocycles. The predicted molar refractivity (Wildman–Crippen MR) is 75.2 cm³/mol. The van der Waals surface area contributed by atoms with E-state index < -0.39 is 17.6 Å². The zero-order valence-corrected chi connectivity index (χ0v) is 12.0. The average molecular weight is 291 g/mol. The van der Waals surface area contributed by atoms with E-state index in [1.165, 1.54) is 6.20 Å². The van der Waals surface area contributed by atoms with Gasteiger partial charge in [0.2, 0.25) is 0 Å². The second-order valence-electron chi connectivity index (χ2n) is 4.97. The quantitative estimate of drug-likeness (QED) is 0.385. The fourth-order valence-electron chi connectivity index (χ4n) is 1.23. The lowest BCUT2D eigenvalue weighted by molar-refractivity contribution is -0.148. The number of aromatic nitrogens is 1. The summed E-state index contributed by atoms with van der Waals surface area (Å²) in [6.07, 6.45) is 5.07. The molecule has 112 valence electrons. The summed E-state index contributed by atoms with van der Waals surface area (Å²) in [5.41, 5.74) is 6.76. The lowest BCUT2D eigenvalue weighted by Crippen LogP contribution is -2.27. The Labute approximate surface area is 122 Å². The van der Waals surface area contributed by atoms with Gasteiger partial charge in [-0.25, -0.2) is 9.59 Å². The fourth-order valence-corrected chi connectivity index (χ4v) is 1.23. The molecular weight excluding hydrogens is 274 g/mol. The molecule has 0 saturated heterocycles. The van der Waals surface area contributed by atoms with Crippen molar-refractivity contribution in [3.05, 3.63) is 36.8 Å². The number of anilines is 1. The summed E-state index contributed by atoms with van der Waals surface area (Å²) >= 11 is 0. The van der Waals surface area contributed by atoms with Gasteiger partial charge in [0, 0.05) is 18.5 Å². The minimum atomic E-state index is -0.696. The van der Waals surface area contributed by atoms with Crippen LogP contribution < -0.4 is 5.32 Å². The van der Waals surface area contributed by atoms with Crippen molar-refractivity contribution in [2.45, 2.75) is 26.4 Å². The van der Waals surface area contributed by atoms with E-state index in [0.717, 1.165) is 12.3 Å². The van der Waals surface area contributed by atoms with Crippen molar-refractivity contribution in [3.8, 4) is 0 Å². The number of nitrogens with one attached hydrogen (secondary N) is 2. The summed E-state index contributed by atoms with van der Waals surface area (Å²) in [7, 11) is 0. The van der Waals surface area contributed by atoms with Crippen molar-refractivity contribution in [1.82, 2.24) is 9.99 Å². The molecule has 8 heteroatoms. The molecule has 8 nitrogen and oxygen atoms in total. The van der Waals surface area contributed by atoms with Crippen LogP contribution in [0, 0.1) is 5.53 Å². The van der Waals surface area contributed by atoms with Crippen molar-refractivity contribution in [2.75, 3.05) is 5.32 Å². The van der Waals surface area contributed by atoms with E-state index in [9.17, 15) is 9.59 Å². The molecule has 0 unspecified atom stereocenters. The van der Waals surface area contributed by atoms with Crippen LogP contribution in [0.15, 0.2) is 42.0 Å². The number of pyridine rings is 1. The van der Waals surface area contributed by atoms with E-state index in [1.54, 1.807) is 39.1 Å². The van der Waals surface area contributed by atoms with Crippen molar-refractivity contribution in [2.24, 2.45) is 5.22 Å². The SMILES string of the molecule is CC(C)(C)OC(=O)/C=C/N(N=N)C(=O)Nc1cccnc1. The summed E-state index contributed by atoms with van der Waals surface area (Å²) < 4.78 is 5.03. The lowest BCUT2D eigenvalue weighted by Gasteiger charge is -2.18. The van der Waals surface area contributed by atoms with E-state index in [-0.39, 0.29) is 0 Å². The molecule has 0 fully saturated rings. The number of hydrogen-bond donors (Lipinski definition) is 2. The third kappa shape index (κ3) is 6.28. The Balaban J connectivity index is 2.64. The number of carbonyl (C=O) groups excluding carboxylic acids is 2. The third-order valence-electron chi connectivity index (χ3n) is 1.99. The summed E-state index contributed by atoms with van der Waals surface area (Å²) in [5, 5.41) is 6.14. The first-order valence-electron chi connectivity index (χ1n) is 6.10. The smallest absolute Gasteiger partial charge is 0.347 e. The molecule has 0 aliphatic rings. The summed E-state index contributed by atoms with van der Waals surface area (Å²) in [5.74, 6) is -0.634. The molecule has 1 aromatic heterocycles. The average Bonchev–Trinajstić information content (AvgIpc) is 2.38. The van der Waals surface area contributed by atoms with Gasteiger partial charge < -0.3 is 10.1 Å². The fraction of sp³-hybridized carbons (Fsp3) is 0.308. The molecule has 2 N–H and O–H groups in total. The monoisotopic (exact) mass is 291 g/mol. The first kappa shape index (κ1) is 16.3. The standard InChI is InChI=1S/C13H17N5O3/c1-13(2,3)21-11(19)6-8-18(17-14)12(20)16-10-5-4-7-15-9-10/h4-9,14H,1-3H3,(H,16,20)/b8-6+,17-14?. The Kier molecular flexibility index (Phi) is 5.53. The van der Waals surface area contributed by atoms with E-state index in [1.807, 2.05) is 0 Å². The van der Waals surface area contributed by atoms with Crippen molar-refractivity contribution in [1.29, 1.82) is 5.53 Å². The van der Waals surface area contributed by atoms with Gasteiger partial charge in [-0.3, -0.25) is 4.98 Å². The van der Waals surface area contributed by atoms with Gasteiger partial charge >= 0.3 is 12.0 Å². The molecule has 0 bridgehead atoms. The molecule has 21 heavy (non-hydrogen) atoms. The molecule has 1 rings (SSSR count). The Hall–Kier alpha value is -2.77. The number of ether oxygens (including phenoxy) is 1. The molecule has 0 aliphatic heterocycles. The topological polar surface area (TPSA) is 108 Å². The second-order valence-corrected chi connectivity index (χ2v) is 4.97. The Morgan fingerprint density at radius 3 is 2.71 bits per heavy atom. The third-order valence-corrected chi connectivity index (χ3v) is 1.99. The van der Waals surface area contributed by atoms with Crippen LogP contribution in [-0.4, -0.2) is 27.6 Å². The van der Waals surface area contributed by atoms with Gasteiger partial charge in [0.15, 0.2) is 0 Å². The van der Waals surface area contributed by atoms with Crippen molar-refractivity contribution < 1.29 is 14.3 Å². The van der Waals surface area contributed by atoms with Gasteiger partial charge in [0.1, 0.15) is 5.60 Å². The Bertz CT molecular complexity index is 536. The summed E-state index contributed by atoms with van der Waals surface area (Å²) in [6.45, 7) is 5.17. The minimum absolute atomic E-state index is 0.446. The Morgan fingerprint density at radius 1 is 1.48 bits per heavy atom. The van der Waals surface area contributed by atoms with Crippen LogP contribution in [-0.2, 0) is 9.53 Å². The molecule has 2 amide bonds. The highest BCUT2D eigenvalue weighted by molar-refractivity contribution is 5.90. The number of amides is 2. The van der Waals surface area contributed by atoms with Crippen LogP contribution in [0.4, 0.5) is 10.5 Å². The highest BCUT2D eigenvalue weighted by Crippen LogP contribution is 2.08. The van der Waals surface area contributed by atoms with Gasteiger partial charge in [0.05, 0.1) is 11.9 Å².